The number of aromatic nitrogens is 3. The quantitative estimate of drug-likeness (QED) is 0.694. The summed E-state index contributed by atoms with van der Waals surface area (Å²) in [7, 11) is 1.72. The van der Waals surface area contributed by atoms with Crippen LogP contribution in [0.25, 0.3) is 22.0 Å². The van der Waals surface area contributed by atoms with Crippen LogP contribution in [0.15, 0.2) is 48.7 Å². The number of hydrogen-bond donors (Lipinski definition) is 2. The minimum absolute atomic E-state index is 0.0253. The summed E-state index contributed by atoms with van der Waals surface area (Å²) in [5, 5.41) is 19.0. The molecule has 1 unspecified atom stereocenters. The van der Waals surface area contributed by atoms with Crippen LogP contribution in [-0.4, -0.2) is 43.8 Å². The molecule has 1 atom stereocenters. The van der Waals surface area contributed by atoms with E-state index < -0.39 is 6.23 Å². The van der Waals surface area contributed by atoms with Crippen LogP contribution in [0.5, 0.6) is 0 Å². The van der Waals surface area contributed by atoms with Gasteiger partial charge in [-0.3, -0.25) is 14.5 Å². The van der Waals surface area contributed by atoms with Crippen LogP contribution in [0.4, 0.5) is 0 Å². The molecule has 7 heteroatoms. The number of Topliss-reactive ketones (excluding diaryl/α,β-unsaturated/α-hetero) is 1. The molecule has 1 aliphatic heterocycles. The van der Waals surface area contributed by atoms with E-state index in [0.29, 0.717) is 16.2 Å². The first kappa shape index (κ1) is 15.7. The molecular formula is C18H16N4O2S. The van der Waals surface area contributed by atoms with Crippen LogP contribution in [-0.2, 0) is 4.79 Å². The average molecular weight is 352 g/mol. The highest BCUT2D eigenvalue weighted by molar-refractivity contribution is 7.71. The van der Waals surface area contributed by atoms with Gasteiger partial charge in [-0.1, -0.05) is 36.4 Å². The van der Waals surface area contributed by atoms with E-state index in [-0.39, 0.29) is 12.2 Å². The molecule has 1 aromatic heterocycles. The third-order valence-corrected chi connectivity index (χ3v) is 4.67. The maximum absolute atomic E-state index is 12.5. The van der Waals surface area contributed by atoms with Crippen molar-refractivity contribution in [1.82, 2.24) is 19.7 Å². The van der Waals surface area contributed by atoms with Gasteiger partial charge in [0.1, 0.15) is 6.23 Å². The van der Waals surface area contributed by atoms with Gasteiger partial charge >= 0.3 is 0 Å². The zero-order valence-corrected chi connectivity index (χ0v) is 14.3. The van der Waals surface area contributed by atoms with Gasteiger partial charge < -0.3 is 10.0 Å². The molecule has 2 aromatic carbocycles. The van der Waals surface area contributed by atoms with Crippen molar-refractivity contribution >= 4 is 34.3 Å². The van der Waals surface area contributed by atoms with Gasteiger partial charge in [0, 0.05) is 18.6 Å². The summed E-state index contributed by atoms with van der Waals surface area (Å²) in [5.41, 5.74) is 1.28. The molecule has 0 amide bonds. The molecule has 25 heavy (non-hydrogen) atoms. The van der Waals surface area contributed by atoms with Crippen LogP contribution in [0, 0.1) is 4.77 Å². The van der Waals surface area contributed by atoms with Crippen LogP contribution in [0.1, 0.15) is 12.2 Å². The lowest BCUT2D eigenvalue weighted by Gasteiger charge is -2.27. The van der Waals surface area contributed by atoms with Gasteiger partial charge in [-0.25, -0.2) is 0 Å². The number of rotatable bonds is 2. The average Bonchev–Trinajstić information content (AvgIpc) is 2.99. The number of aliphatic hydroxyl groups excluding tert-OH is 1. The topological polar surface area (TPSA) is 74.2 Å². The first-order chi connectivity index (χ1) is 12.1. The van der Waals surface area contributed by atoms with Gasteiger partial charge in [-0.05, 0) is 23.7 Å². The number of fused-ring (bicyclic) bond motifs is 1. The molecule has 2 N–H and O–H groups in total. The molecule has 3 aromatic rings. The van der Waals surface area contributed by atoms with Gasteiger partial charge in [0.2, 0.25) is 0 Å². The predicted octanol–water partition coefficient (Wildman–Crippen LogP) is 2.65. The van der Waals surface area contributed by atoms with Crippen molar-refractivity contribution < 1.29 is 9.90 Å². The lowest BCUT2D eigenvalue weighted by Crippen LogP contribution is -2.34. The summed E-state index contributed by atoms with van der Waals surface area (Å²) in [6, 6.07) is 13.9. The number of hydrogen-bond acceptors (Lipinski definition) is 5. The van der Waals surface area contributed by atoms with Crippen molar-refractivity contribution in [3.8, 4) is 5.69 Å². The largest absolute Gasteiger partial charge is 0.373 e. The number of allylic oxidation sites excluding steroid dienone is 1. The van der Waals surface area contributed by atoms with Crippen molar-refractivity contribution in [1.29, 1.82) is 0 Å². The Labute approximate surface area is 149 Å². The van der Waals surface area contributed by atoms with Crippen LogP contribution < -0.4 is 0 Å². The molecule has 0 spiro atoms. The predicted molar refractivity (Wildman–Crippen MR) is 97.6 cm³/mol. The summed E-state index contributed by atoms with van der Waals surface area (Å²) in [6.07, 6.45) is 0.824. The third kappa shape index (κ3) is 2.57. The number of benzene rings is 2. The first-order valence-corrected chi connectivity index (χ1v) is 8.28. The van der Waals surface area contributed by atoms with Crippen molar-refractivity contribution in [3.05, 3.63) is 59.3 Å². The normalized spacial score (nSPS) is 17.8. The Kier molecular flexibility index (Phi) is 3.74. The fourth-order valence-corrected chi connectivity index (χ4v) is 3.30. The molecule has 2 heterocycles. The summed E-state index contributed by atoms with van der Waals surface area (Å²) < 4.78 is 2.18. The zero-order valence-electron chi connectivity index (χ0n) is 13.5. The maximum atomic E-state index is 12.5. The number of ketones is 1. The van der Waals surface area contributed by atoms with E-state index in [2.05, 4.69) is 10.2 Å². The Bertz CT molecular complexity index is 1060. The lowest BCUT2D eigenvalue weighted by atomic mass is 10.0. The Morgan fingerprint density at radius 3 is 2.84 bits per heavy atom. The fourth-order valence-electron chi connectivity index (χ4n) is 3.07. The van der Waals surface area contributed by atoms with E-state index in [4.69, 9.17) is 12.2 Å². The molecule has 6 nitrogen and oxygen atoms in total. The number of aliphatic hydroxyl groups is 1. The number of nitrogens with one attached hydrogen (secondary N) is 1. The standard InChI is InChI=1S/C18H16N4O2S/c1-21-10-13(15(23)9-16(21)24)17-19-20-18(25)22(17)14-8-4-6-11-5-2-3-7-12(11)14/h2-8,10,16,24H,9H2,1H3,(H,20,25). The minimum atomic E-state index is -0.816. The molecule has 0 saturated carbocycles. The highest BCUT2D eigenvalue weighted by Crippen LogP contribution is 2.28. The second-order valence-electron chi connectivity index (χ2n) is 6.00. The van der Waals surface area contributed by atoms with Gasteiger partial charge in [0.15, 0.2) is 16.4 Å². The molecule has 0 aliphatic carbocycles. The van der Waals surface area contributed by atoms with Gasteiger partial charge in [0.25, 0.3) is 0 Å². The summed E-state index contributed by atoms with van der Waals surface area (Å²) in [6.45, 7) is 0. The number of H-pyrrole nitrogens is 1. The molecule has 0 radical (unpaired) electrons. The third-order valence-electron chi connectivity index (χ3n) is 4.39. The van der Waals surface area contributed by atoms with E-state index in [1.165, 1.54) is 0 Å². The fraction of sp³-hybridized carbons (Fsp3) is 0.167. The van der Waals surface area contributed by atoms with Gasteiger partial charge in [0.05, 0.1) is 17.7 Å². The monoisotopic (exact) mass is 352 g/mol. The first-order valence-electron chi connectivity index (χ1n) is 7.87. The molecule has 1 aliphatic rings. The van der Waals surface area contributed by atoms with E-state index in [1.54, 1.807) is 22.7 Å². The number of aromatic amines is 1. The molecule has 0 fully saturated rings. The number of carbonyl (C=O) groups is 1. The number of carbonyl (C=O) groups excluding carboxylic acids is 1. The Morgan fingerprint density at radius 2 is 2.00 bits per heavy atom. The zero-order chi connectivity index (χ0) is 17.6. The maximum Gasteiger partial charge on any atom is 0.200 e. The summed E-state index contributed by atoms with van der Waals surface area (Å²) >= 11 is 5.42. The Morgan fingerprint density at radius 1 is 1.24 bits per heavy atom. The van der Waals surface area contributed by atoms with Gasteiger partial charge in [-0.15, -0.1) is 0 Å². The van der Waals surface area contributed by atoms with Crippen LogP contribution in [0.2, 0.25) is 0 Å². The molecule has 0 saturated heterocycles. The second kappa shape index (κ2) is 5.94. The van der Waals surface area contributed by atoms with Gasteiger partial charge in [-0.2, -0.15) is 5.10 Å². The van der Waals surface area contributed by atoms with E-state index in [9.17, 15) is 9.90 Å². The van der Waals surface area contributed by atoms with Crippen molar-refractivity contribution in [2.45, 2.75) is 12.6 Å². The van der Waals surface area contributed by atoms with E-state index >= 15 is 0 Å². The van der Waals surface area contributed by atoms with Crippen molar-refractivity contribution in [2.24, 2.45) is 0 Å². The minimum Gasteiger partial charge on any atom is -0.373 e. The Balaban J connectivity index is 1.96. The van der Waals surface area contributed by atoms with Crippen molar-refractivity contribution in [3.63, 3.8) is 0 Å². The highest BCUT2D eigenvalue weighted by Gasteiger charge is 2.28. The molecule has 126 valence electrons. The second-order valence-corrected chi connectivity index (χ2v) is 6.39. The molecular weight excluding hydrogens is 336 g/mol. The lowest BCUT2D eigenvalue weighted by molar-refractivity contribution is -0.118. The Hall–Kier alpha value is -2.77. The molecule has 0 bridgehead atoms. The summed E-state index contributed by atoms with van der Waals surface area (Å²) in [5.74, 6) is 0.284. The SMILES string of the molecule is CN1C=C(c2n[nH]c(=S)n2-c2cccc3ccccc23)C(=O)CC1O. The smallest absolute Gasteiger partial charge is 0.200 e. The van der Waals surface area contributed by atoms with E-state index in [0.717, 1.165) is 16.5 Å². The van der Waals surface area contributed by atoms with Crippen LogP contribution in [0.3, 0.4) is 0 Å². The molecule has 4 rings (SSSR count). The van der Waals surface area contributed by atoms with E-state index in [1.807, 2.05) is 42.5 Å². The van der Waals surface area contributed by atoms with Crippen LogP contribution >= 0.6 is 12.2 Å². The highest BCUT2D eigenvalue weighted by atomic mass is 32.1. The van der Waals surface area contributed by atoms with Crippen molar-refractivity contribution in [2.75, 3.05) is 7.05 Å². The summed E-state index contributed by atoms with van der Waals surface area (Å²) in [4.78, 5) is 14.1. The number of nitrogens with zero attached hydrogens (tertiary/aromatic N) is 3.